The van der Waals surface area contributed by atoms with Crippen LogP contribution in [0, 0.1) is 0 Å². The molecule has 0 saturated carbocycles. The summed E-state index contributed by atoms with van der Waals surface area (Å²) in [5.74, 6) is -0.413. The van der Waals surface area contributed by atoms with Gasteiger partial charge in [-0.05, 0) is 23.7 Å². The molecule has 4 nitrogen and oxygen atoms in total. The minimum absolute atomic E-state index is 0.0168. The molecule has 0 amide bonds. The minimum Gasteiger partial charge on any atom is -0.456 e. The molecule has 5 heteroatoms. The van der Waals surface area contributed by atoms with Crippen molar-refractivity contribution in [3.05, 3.63) is 48.0 Å². The molecule has 24 heavy (non-hydrogen) atoms. The highest BCUT2D eigenvalue weighted by atomic mass is 28.4. The number of aliphatic hydroxyl groups excluding tert-OH is 1. The molecule has 0 unspecified atom stereocenters. The maximum atomic E-state index is 11.5. The van der Waals surface area contributed by atoms with Crippen molar-refractivity contribution in [3.63, 3.8) is 0 Å². The lowest BCUT2D eigenvalue weighted by Gasteiger charge is -2.41. The lowest BCUT2D eigenvalue weighted by molar-refractivity contribution is -0.155. The van der Waals surface area contributed by atoms with Crippen molar-refractivity contribution in [1.29, 1.82) is 0 Å². The summed E-state index contributed by atoms with van der Waals surface area (Å²) < 4.78 is 11.8. The van der Waals surface area contributed by atoms with Gasteiger partial charge in [-0.2, -0.15) is 0 Å². The van der Waals surface area contributed by atoms with Crippen LogP contribution in [-0.4, -0.2) is 31.6 Å². The van der Waals surface area contributed by atoms with E-state index in [-0.39, 0.29) is 5.04 Å². The molecule has 2 rings (SSSR count). The molecule has 0 spiro atoms. The average Bonchev–Trinajstić information content (AvgIpc) is 2.52. The van der Waals surface area contributed by atoms with E-state index in [0.717, 1.165) is 5.56 Å². The molecule has 0 fully saturated rings. The number of hydrogen-bond acceptors (Lipinski definition) is 4. The third kappa shape index (κ3) is 4.35. The zero-order valence-corrected chi connectivity index (χ0v) is 16.2. The normalized spacial score (nSPS) is 21.2. The Morgan fingerprint density at radius 1 is 1.25 bits per heavy atom. The zero-order valence-electron chi connectivity index (χ0n) is 15.2. The number of carbonyl (C=O) groups is 1. The van der Waals surface area contributed by atoms with Gasteiger partial charge in [0, 0.05) is 12.5 Å². The van der Waals surface area contributed by atoms with E-state index in [2.05, 4.69) is 33.9 Å². The molecule has 0 aromatic heterocycles. The van der Waals surface area contributed by atoms with E-state index in [4.69, 9.17) is 9.16 Å². The molecule has 0 saturated heterocycles. The highest BCUT2D eigenvalue weighted by Gasteiger charge is 2.43. The highest BCUT2D eigenvalue weighted by molar-refractivity contribution is 6.74. The maximum absolute atomic E-state index is 11.5. The first-order valence-electron chi connectivity index (χ1n) is 8.40. The van der Waals surface area contributed by atoms with E-state index < -0.39 is 32.6 Å². The van der Waals surface area contributed by atoms with Gasteiger partial charge in [0.2, 0.25) is 0 Å². The van der Waals surface area contributed by atoms with E-state index in [1.165, 1.54) is 6.08 Å². The third-order valence-electron chi connectivity index (χ3n) is 4.94. The topological polar surface area (TPSA) is 55.8 Å². The van der Waals surface area contributed by atoms with Gasteiger partial charge in [0.15, 0.2) is 8.32 Å². The Bertz CT molecular complexity index is 589. The number of ether oxygens (including phenoxy) is 1. The molecule has 3 atom stereocenters. The quantitative estimate of drug-likeness (QED) is 0.646. The molecule has 1 aliphatic rings. The predicted octanol–water partition coefficient (Wildman–Crippen LogP) is 3.98. The van der Waals surface area contributed by atoms with Crippen LogP contribution < -0.4 is 0 Å². The van der Waals surface area contributed by atoms with Gasteiger partial charge in [-0.15, -0.1) is 0 Å². The van der Waals surface area contributed by atoms with Crippen LogP contribution in [0.4, 0.5) is 0 Å². The summed E-state index contributed by atoms with van der Waals surface area (Å²) in [4.78, 5) is 11.5. The van der Waals surface area contributed by atoms with Crippen molar-refractivity contribution in [1.82, 2.24) is 0 Å². The van der Waals surface area contributed by atoms with Crippen LogP contribution in [0.15, 0.2) is 42.5 Å². The standard InChI is InChI=1S/C19H28O4Si/c1-19(2,3)24(4,5)23-18(14-10-7-6-8-11-14)17(21)15-12-9-13-16(20)22-15/h6-11,13,15,17-18,21H,12H2,1-5H3/t15-,17+,18-/m1/s1. The van der Waals surface area contributed by atoms with Crippen LogP contribution in [0.3, 0.4) is 0 Å². The molecule has 0 radical (unpaired) electrons. The Hall–Kier alpha value is -1.43. The van der Waals surface area contributed by atoms with E-state index in [9.17, 15) is 9.90 Å². The minimum atomic E-state index is -2.11. The van der Waals surface area contributed by atoms with Crippen LogP contribution in [0.25, 0.3) is 0 Å². The Balaban J connectivity index is 2.30. The largest absolute Gasteiger partial charge is 0.456 e. The van der Waals surface area contributed by atoms with Crippen molar-refractivity contribution >= 4 is 14.3 Å². The molecule has 1 aromatic rings. The maximum Gasteiger partial charge on any atom is 0.330 e. The van der Waals surface area contributed by atoms with Crippen molar-refractivity contribution < 1.29 is 19.1 Å². The number of rotatable bonds is 5. The van der Waals surface area contributed by atoms with Crippen LogP contribution in [-0.2, 0) is 14.0 Å². The Morgan fingerprint density at radius 3 is 2.42 bits per heavy atom. The van der Waals surface area contributed by atoms with Gasteiger partial charge in [-0.3, -0.25) is 0 Å². The second-order valence-corrected chi connectivity index (χ2v) is 12.6. The van der Waals surface area contributed by atoms with Crippen molar-refractivity contribution in [3.8, 4) is 0 Å². The number of esters is 1. The monoisotopic (exact) mass is 348 g/mol. The number of benzene rings is 1. The smallest absolute Gasteiger partial charge is 0.330 e. The fourth-order valence-corrected chi connectivity index (χ4v) is 3.67. The summed E-state index contributed by atoms with van der Waals surface area (Å²) in [6, 6.07) is 9.68. The van der Waals surface area contributed by atoms with E-state index in [0.29, 0.717) is 6.42 Å². The summed E-state index contributed by atoms with van der Waals surface area (Å²) in [5, 5.41) is 10.9. The molecule has 1 aromatic carbocycles. The molecule has 1 aliphatic heterocycles. The Kier molecular flexibility index (Phi) is 5.68. The van der Waals surface area contributed by atoms with Crippen LogP contribution in [0.1, 0.15) is 38.9 Å². The Morgan fingerprint density at radius 2 is 1.88 bits per heavy atom. The first-order chi connectivity index (χ1) is 11.1. The molecule has 132 valence electrons. The van der Waals surface area contributed by atoms with Gasteiger partial charge in [-0.1, -0.05) is 57.2 Å². The molecule has 0 bridgehead atoms. The molecular formula is C19H28O4Si. The zero-order chi connectivity index (χ0) is 18.0. The summed E-state index contributed by atoms with van der Waals surface area (Å²) in [7, 11) is -2.11. The van der Waals surface area contributed by atoms with Gasteiger partial charge in [0.1, 0.15) is 18.3 Å². The number of carbonyl (C=O) groups excluding carboxylic acids is 1. The number of hydrogen-bond donors (Lipinski definition) is 1. The van der Waals surface area contributed by atoms with E-state index >= 15 is 0 Å². The predicted molar refractivity (Wildman–Crippen MR) is 97.1 cm³/mol. The van der Waals surface area contributed by atoms with Gasteiger partial charge < -0.3 is 14.3 Å². The lowest BCUT2D eigenvalue weighted by Crippen LogP contribution is -2.47. The van der Waals surface area contributed by atoms with Crippen molar-refractivity contribution in [2.45, 2.75) is 63.6 Å². The molecular weight excluding hydrogens is 320 g/mol. The summed E-state index contributed by atoms with van der Waals surface area (Å²) in [5.41, 5.74) is 0.903. The van der Waals surface area contributed by atoms with Crippen molar-refractivity contribution in [2.24, 2.45) is 0 Å². The SMILES string of the molecule is CC(C)(C)[Si](C)(C)O[C@H](c1ccccc1)[C@@H](O)[C@H]1CC=CC(=O)O1. The van der Waals surface area contributed by atoms with Gasteiger partial charge >= 0.3 is 5.97 Å². The number of cyclic esters (lactones) is 1. The average molecular weight is 349 g/mol. The summed E-state index contributed by atoms with van der Waals surface area (Å²) in [6.07, 6.45) is 1.63. The highest BCUT2D eigenvalue weighted by Crippen LogP contribution is 2.41. The fourth-order valence-electron chi connectivity index (χ4n) is 2.41. The van der Waals surface area contributed by atoms with E-state index in [1.807, 2.05) is 30.3 Å². The Labute approximate surface area is 145 Å². The van der Waals surface area contributed by atoms with E-state index in [1.54, 1.807) is 6.08 Å². The second-order valence-electron chi connectivity index (χ2n) is 7.81. The second kappa shape index (κ2) is 7.21. The first kappa shape index (κ1) is 18.9. The fraction of sp³-hybridized carbons (Fsp3) is 0.526. The molecule has 1 heterocycles. The van der Waals surface area contributed by atoms with Crippen LogP contribution in [0.5, 0.6) is 0 Å². The summed E-state index contributed by atoms with van der Waals surface area (Å²) >= 11 is 0. The third-order valence-corrected chi connectivity index (χ3v) is 9.39. The van der Waals surface area contributed by atoms with Crippen LogP contribution in [0.2, 0.25) is 18.1 Å². The molecule has 1 N–H and O–H groups in total. The lowest BCUT2D eigenvalue weighted by atomic mass is 9.98. The first-order valence-corrected chi connectivity index (χ1v) is 11.3. The summed E-state index contributed by atoms with van der Waals surface area (Å²) in [6.45, 7) is 10.8. The van der Waals surface area contributed by atoms with Crippen LogP contribution >= 0.6 is 0 Å². The number of aliphatic hydroxyl groups is 1. The van der Waals surface area contributed by atoms with Gasteiger partial charge in [-0.25, -0.2) is 4.79 Å². The molecule has 0 aliphatic carbocycles. The van der Waals surface area contributed by atoms with Gasteiger partial charge in [0.05, 0.1) is 0 Å². The van der Waals surface area contributed by atoms with Gasteiger partial charge in [0.25, 0.3) is 0 Å². The van der Waals surface area contributed by atoms with Crippen molar-refractivity contribution in [2.75, 3.05) is 0 Å².